The van der Waals surface area contributed by atoms with Gasteiger partial charge in [0.15, 0.2) is 0 Å². The first-order valence-electron chi connectivity index (χ1n) is 12.0. The number of hydrogen-bond acceptors (Lipinski definition) is 7. The third kappa shape index (κ3) is 3.91. The number of aromatic hydroxyl groups is 1. The predicted molar refractivity (Wildman–Crippen MR) is 136 cm³/mol. The number of nitrogens with one attached hydrogen (secondary N) is 2. The average molecular weight is 456 g/mol. The van der Waals surface area contributed by atoms with E-state index in [4.69, 9.17) is 14.7 Å². The zero-order chi connectivity index (χ0) is 23.1. The minimum atomic E-state index is 0.254. The summed E-state index contributed by atoms with van der Waals surface area (Å²) in [6.45, 7) is 3.12. The Kier molecular flexibility index (Phi) is 5.43. The number of ether oxygens (including phenoxy) is 1. The predicted octanol–water partition coefficient (Wildman–Crippen LogP) is 3.69. The molecule has 3 aromatic carbocycles. The van der Waals surface area contributed by atoms with E-state index in [1.807, 2.05) is 31.3 Å². The molecule has 0 amide bonds. The fourth-order valence-electron chi connectivity index (χ4n) is 5.31. The smallest absolute Gasteiger partial charge is 0.318 e. The van der Waals surface area contributed by atoms with Gasteiger partial charge in [-0.05, 0) is 66.1 Å². The molecule has 3 N–H and O–H groups in total. The number of piperazine rings is 1. The van der Waals surface area contributed by atoms with Gasteiger partial charge in [0.05, 0.1) is 5.52 Å². The van der Waals surface area contributed by atoms with Crippen LogP contribution in [0.25, 0.3) is 32.8 Å². The van der Waals surface area contributed by atoms with Gasteiger partial charge in [-0.2, -0.15) is 9.97 Å². The van der Waals surface area contributed by atoms with E-state index < -0.39 is 0 Å². The first kappa shape index (κ1) is 21.1. The number of benzene rings is 3. The third-order valence-corrected chi connectivity index (χ3v) is 6.91. The molecule has 4 aromatic rings. The van der Waals surface area contributed by atoms with Crippen LogP contribution in [0.3, 0.4) is 0 Å². The second kappa shape index (κ2) is 8.74. The number of likely N-dealkylation sites (N-methyl/N-ethyl adjacent to an activating group) is 1. The Hall–Kier alpha value is -3.42. The highest BCUT2D eigenvalue weighted by atomic mass is 16.5. The zero-order valence-electron chi connectivity index (χ0n) is 19.3. The Labute approximate surface area is 198 Å². The molecule has 0 radical (unpaired) electrons. The number of aromatic nitrogens is 2. The highest BCUT2D eigenvalue weighted by Gasteiger charge is 2.33. The molecule has 34 heavy (non-hydrogen) atoms. The van der Waals surface area contributed by atoms with Gasteiger partial charge in [0.25, 0.3) is 0 Å². The molecule has 2 atom stereocenters. The van der Waals surface area contributed by atoms with Crippen molar-refractivity contribution in [3.05, 3.63) is 54.6 Å². The maximum absolute atomic E-state index is 10.4. The zero-order valence-corrected chi connectivity index (χ0v) is 19.3. The lowest BCUT2D eigenvalue weighted by Crippen LogP contribution is -2.51. The molecule has 7 heteroatoms. The highest BCUT2D eigenvalue weighted by Crippen LogP contribution is 2.36. The van der Waals surface area contributed by atoms with Crippen molar-refractivity contribution < 1.29 is 9.84 Å². The van der Waals surface area contributed by atoms with E-state index in [-0.39, 0.29) is 5.75 Å². The standard InChI is InChI=1S/C27H29N5O2/c1-28-10-11-34-27-30-25-13-18(24-14-21(33)12-17-4-2-3-5-22(17)24)6-9-23(25)26(31-27)32-15-19-7-8-20(16-32)29-19/h2-6,9,12-14,19-20,28-29,33H,7-8,10-11,15-16H2,1H3/t19-,20+. The van der Waals surface area contributed by atoms with Crippen LogP contribution in [0, 0.1) is 0 Å². The lowest BCUT2D eigenvalue weighted by Gasteiger charge is -2.34. The summed E-state index contributed by atoms with van der Waals surface area (Å²) in [7, 11) is 1.90. The van der Waals surface area contributed by atoms with E-state index >= 15 is 0 Å². The van der Waals surface area contributed by atoms with Gasteiger partial charge in [-0.3, -0.25) is 0 Å². The van der Waals surface area contributed by atoms with Crippen LogP contribution in [-0.4, -0.2) is 60.4 Å². The molecule has 1 aromatic heterocycles. The molecule has 2 aliphatic heterocycles. The molecule has 0 unspecified atom stereocenters. The Bertz CT molecular complexity index is 1350. The van der Waals surface area contributed by atoms with Gasteiger partial charge >= 0.3 is 6.01 Å². The monoisotopic (exact) mass is 455 g/mol. The molecule has 2 bridgehead atoms. The number of phenolic OH excluding ortho intramolecular Hbond substituents is 1. The lowest BCUT2D eigenvalue weighted by atomic mass is 9.97. The summed E-state index contributed by atoms with van der Waals surface area (Å²) < 4.78 is 5.92. The van der Waals surface area contributed by atoms with Crippen molar-refractivity contribution in [1.82, 2.24) is 20.6 Å². The first-order chi connectivity index (χ1) is 16.7. The van der Waals surface area contributed by atoms with Gasteiger partial charge in [-0.1, -0.05) is 30.3 Å². The van der Waals surface area contributed by atoms with E-state index in [0.29, 0.717) is 24.7 Å². The van der Waals surface area contributed by atoms with Crippen LogP contribution in [0.2, 0.25) is 0 Å². The summed E-state index contributed by atoms with van der Waals surface area (Å²) in [6.07, 6.45) is 2.43. The molecular weight excluding hydrogens is 426 g/mol. The van der Waals surface area contributed by atoms with E-state index in [9.17, 15) is 5.11 Å². The van der Waals surface area contributed by atoms with Gasteiger partial charge in [-0.25, -0.2) is 0 Å². The number of fused-ring (bicyclic) bond motifs is 4. The van der Waals surface area contributed by atoms with Crippen molar-refractivity contribution in [1.29, 1.82) is 0 Å². The summed E-state index contributed by atoms with van der Waals surface area (Å²) in [4.78, 5) is 12.0. The van der Waals surface area contributed by atoms with Gasteiger partial charge in [0.1, 0.15) is 18.2 Å². The van der Waals surface area contributed by atoms with Crippen molar-refractivity contribution in [2.75, 3.05) is 38.2 Å². The van der Waals surface area contributed by atoms with Crippen LogP contribution in [0.1, 0.15) is 12.8 Å². The Balaban J connectivity index is 1.47. The van der Waals surface area contributed by atoms with Crippen LogP contribution < -0.4 is 20.3 Å². The molecule has 2 aliphatic rings. The van der Waals surface area contributed by atoms with E-state index in [1.54, 1.807) is 6.07 Å². The van der Waals surface area contributed by atoms with E-state index in [0.717, 1.165) is 58.3 Å². The molecule has 2 saturated heterocycles. The Morgan fingerprint density at radius 1 is 1.03 bits per heavy atom. The van der Waals surface area contributed by atoms with Crippen molar-refractivity contribution in [3.8, 4) is 22.9 Å². The van der Waals surface area contributed by atoms with Crippen molar-refractivity contribution in [2.45, 2.75) is 24.9 Å². The second-order valence-electron chi connectivity index (χ2n) is 9.27. The van der Waals surface area contributed by atoms with Crippen molar-refractivity contribution in [3.63, 3.8) is 0 Å². The fraction of sp³-hybridized carbons (Fsp3) is 0.333. The van der Waals surface area contributed by atoms with Crippen molar-refractivity contribution in [2.24, 2.45) is 0 Å². The summed E-state index contributed by atoms with van der Waals surface area (Å²) in [6, 6.07) is 19.5. The summed E-state index contributed by atoms with van der Waals surface area (Å²) in [5.74, 6) is 1.19. The number of rotatable bonds is 6. The largest absolute Gasteiger partial charge is 0.508 e. The van der Waals surface area contributed by atoms with E-state index in [2.05, 4.69) is 39.8 Å². The molecule has 0 spiro atoms. The van der Waals surface area contributed by atoms with Crippen LogP contribution in [0.15, 0.2) is 54.6 Å². The average Bonchev–Trinajstić information content (AvgIpc) is 3.20. The molecule has 174 valence electrons. The number of hydrogen-bond donors (Lipinski definition) is 3. The number of phenols is 1. The normalized spacial score (nSPS) is 19.7. The number of nitrogens with zero attached hydrogens (tertiary/aromatic N) is 3. The molecule has 0 aliphatic carbocycles. The summed E-state index contributed by atoms with van der Waals surface area (Å²) in [5, 5.41) is 20.3. The Morgan fingerprint density at radius 2 is 1.85 bits per heavy atom. The molecular formula is C27H29N5O2. The minimum absolute atomic E-state index is 0.254. The SMILES string of the molecule is CNCCOc1nc(N2C[C@H]3CC[C@@H](C2)N3)c2ccc(-c3cc(O)cc4ccccc34)cc2n1. The maximum Gasteiger partial charge on any atom is 0.318 e. The second-order valence-corrected chi connectivity index (χ2v) is 9.27. The minimum Gasteiger partial charge on any atom is -0.508 e. The van der Waals surface area contributed by atoms with E-state index in [1.165, 1.54) is 12.8 Å². The van der Waals surface area contributed by atoms with Crippen molar-refractivity contribution >= 4 is 27.5 Å². The third-order valence-electron chi connectivity index (χ3n) is 6.91. The first-order valence-corrected chi connectivity index (χ1v) is 12.0. The molecule has 2 fully saturated rings. The summed E-state index contributed by atoms with van der Waals surface area (Å²) in [5.41, 5.74) is 2.83. The Morgan fingerprint density at radius 3 is 2.68 bits per heavy atom. The maximum atomic E-state index is 10.4. The van der Waals surface area contributed by atoms with Crippen LogP contribution >= 0.6 is 0 Å². The quantitative estimate of drug-likeness (QED) is 0.383. The van der Waals surface area contributed by atoms with Gasteiger partial charge in [0, 0.05) is 37.1 Å². The highest BCUT2D eigenvalue weighted by molar-refractivity contribution is 6.00. The van der Waals surface area contributed by atoms with Gasteiger partial charge < -0.3 is 25.4 Å². The van der Waals surface area contributed by atoms with Crippen LogP contribution in [0.5, 0.6) is 11.8 Å². The molecule has 6 rings (SSSR count). The number of anilines is 1. The topological polar surface area (TPSA) is 82.5 Å². The van der Waals surface area contributed by atoms with Crippen LogP contribution in [-0.2, 0) is 0 Å². The molecule has 0 saturated carbocycles. The van der Waals surface area contributed by atoms with Crippen LogP contribution in [0.4, 0.5) is 5.82 Å². The fourth-order valence-corrected chi connectivity index (χ4v) is 5.31. The molecule has 7 nitrogen and oxygen atoms in total. The summed E-state index contributed by atoms with van der Waals surface area (Å²) >= 11 is 0. The van der Waals surface area contributed by atoms with Gasteiger partial charge in [0.2, 0.25) is 0 Å². The molecule has 3 heterocycles. The lowest BCUT2D eigenvalue weighted by molar-refractivity contribution is 0.294. The van der Waals surface area contributed by atoms with Gasteiger partial charge in [-0.15, -0.1) is 0 Å².